The molecule has 1 aliphatic rings. The standard InChI is InChI=1S/C13H16FN3O2/c1-8(15)13(9-2-4-10(14)5-3-9)17-6-11(18)16-12(19)7-17/h2-5,8,13H,6-7,15H2,1H3,(H,16,18,19). The topological polar surface area (TPSA) is 75.4 Å². The molecule has 0 bridgehead atoms. The molecule has 2 atom stereocenters. The first-order chi connectivity index (χ1) is 8.97. The van der Waals surface area contributed by atoms with Crippen molar-refractivity contribution in [3.8, 4) is 0 Å². The highest BCUT2D eigenvalue weighted by molar-refractivity contribution is 5.99. The number of nitrogens with zero attached hydrogens (tertiary/aromatic N) is 1. The van der Waals surface area contributed by atoms with E-state index in [0.717, 1.165) is 5.56 Å². The Labute approximate surface area is 110 Å². The molecule has 0 radical (unpaired) electrons. The first kappa shape index (κ1) is 13.6. The maximum atomic E-state index is 13.0. The first-order valence-corrected chi connectivity index (χ1v) is 6.05. The minimum atomic E-state index is -0.344. The van der Waals surface area contributed by atoms with E-state index in [0.29, 0.717) is 0 Å². The number of rotatable bonds is 3. The predicted molar refractivity (Wildman–Crippen MR) is 67.5 cm³/mol. The Morgan fingerprint density at radius 3 is 2.21 bits per heavy atom. The lowest BCUT2D eigenvalue weighted by atomic mass is 9.98. The van der Waals surface area contributed by atoms with E-state index in [1.807, 2.05) is 0 Å². The van der Waals surface area contributed by atoms with Gasteiger partial charge in [0, 0.05) is 6.04 Å². The number of imide groups is 1. The monoisotopic (exact) mass is 265 g/mol. The van der Waals surface area contributed by atoms with Crippen LogP contribution in [-0.4, -0.2) is 35.8 Å². The third-order valence-electron chi connectivity index (χ3n) is 3.08. The lowest BCUT2D eigenvalue weighted by Gasteiger charge is -2.35. The van der Waals surface area contributed by atoms with Crippen molar-refractivity contribution in [2.24, 2.45) is 5.73 Å². The van der Waals surface area contributed by atoms with Gasteiger partial charge in [-0.25, -0.2) is 4.39 Å². The van der Waals surface area contributed by atoms with Crippen LogP contribution < -0.4 is 11.1 Å². The normalized spacial score (nSPS) is 19.9. The van der Waals surface area contributed by atoms with E-state index in [1.165, 1.54) is 12.1 Å². The van der Waals surface area contributed by atoms with E-state index >= 15 is 0 Å². The van der Waals surface area contributed by atoms with Gasteiger partial charge in [0.2, 0.25) is 11.8 Å². The van der Waals surface area contributed by atoms with Crippen molar-refractivity contribution in [1.29, 1.82) is 0 Å². The molecule has 19 heavy (non-hydrogen) atoms. The van der Waals surface area contributed by atoms with Crippen molar-refractivity contribution in [3.05, 3.63) is 35.6 Å². The molecule has 0 aliphatic carbocycles. The number of nitrogens with one attached hydrogen (secondary N) is 1. The molecule has 102 valence electrons. The Bertz CT molecular complexity index is 471. The fourth-order valence-electron chi connectivity index (χ4n) is 2.36. The number of carbonyl (C=O) groups is 2. The summed E-state index contributed by atoms with van der Waals surface area (Å²) in [6, 6.07) is 5.35. The number of amides is 2. The summed E-state index contributed by atoms with van der Waals surface area (Å²) in [5, 5.41) is 2.24. The maximum Gasteiger partial charge on any atom is 0.240 e. The van der Waals surface area contributed by atoms with E-state index in [4.69, 9.17) is 5.73 Å². The molecule has 5 nitrogen and oxygen atoms in total. The average Bonchev–Trinajstić information content (AvgIpc) is 2.30. The fraction of sp³-hybridized carbons (Fsp3) is 0.385. The Hall–Kier alpha value is -1.79. The zero-order valence-electron chi connectivity index (χ0n) is 10.6. The summed E-state index contributed by atoms with van der Waals surface area (Å²) in [5.41, 5.74) is 6.74. The van der Waals surface area contributed by atoms with Crippen molar-refractivity contribution in [2.75, 3.05) is 13.1 Å². The molecular formula is C13H16FN3O2. The molecule has 1 aromatic rings. The Morgan fingerprint density at radius 1 is 1.21 bits per heavy atom. The van der Waals surface area contributed by atoms with Crippen LogP contribution in [0.15, 0.2) is 24.3 Å². The summed E-state index contributed by atoms with van der Waals surface area (Å²) in [5.74, 6) is -1.02. The predicted octanol–water partition coefficient (Wildman–Crippen LogP) is 0.172. The molecule has 0 spiro atoms. The van der Waals surface area contributed by atoms with Crippen LogP contribution in [0, 0.1) is 5.82 Å². The van der Waals surface area contributed by atoms with E-state index in [2.05, 4.69) is 5.32 Å². The summed E-state index contributed by atoms with van der Waals surface area (Å²) >= 11 is 0. The van der Waals surface area contributed by atoms with Gasteiger partial charge in [0.1, 0.15) is 5.82 Å². The van der Waals surface area contributed by atoms with Gasteiger partial charge in [-0.3, -0.25) is 19.8 Å². The molecule has 1 aliphatic heterocycles. The smallest absolute Gasteiger partial charge is 0.240 e. The zero-order valence-corrected chi connectivity index (χ0v) is 10.6. The maximum absolute atomic E-state index is 13.0. The molecule has 1 saturated heterocycles. The highest BCUT2D eigenvalue weighted by Gasteiger charge is 2.31. The largest absolute Gasteiger partial charge is 0.326 e. The Balaban J connectivity index is 2.27. The average molecular weight is 265 g/mol. The number of piperazine rings is 1. The molecule has 2 rings (SSSR count). The quantitative estimate of drug-likeness (QED) is 0.764. The highest BCUT2D eigenvalue weighted by Crippen LogP contribution is 2.24. The third kappa shape index (κ3) is 3.15. The first-order valence-electron chi connectivity index (χ1n) is 6.05. The molecule has 1 aromatic carbocycles. The van der Waals surface area contributed by atoms with Crippen LogP contribution in [0.25, 0.3) is 0 Å². The van der Waals surface area contributed by atoms with Crippen LogP contribution in [0.2, 0.25) is 0 Å². The molecular weight excluding hydrogens is 249 g/mol. The van der Waals surface area contributed by atoms with Crippen LogP contribution in [0.1, 0.15) is 18.5 Å². The van der Waals surface area contributed by atoms with Crippen LogP contribution in [-0.2, 0) is 9.59 Å². The summed E-state index contributed by atoms with van der Waals surface area (Å²) in [7, 11) is 0. The second-order valence-corrected chi connectivity index (χ2v) is 4.73. The van der Waals surface area contributed by atoms with E-state index in [1.54, 1.807) is 24.0 Å². The molecule has 3 N–H and O–H groups in total. The van der Waals surface area contributed by atoms with Gasteiger partial charge in [-0.1, -0.05) is 12.1 Å². The van der Waals surface area contributed by atoms with E-state index < -0.39 is 0 Å². The molecule has 0 saturated carbocycles. The number of hydrogen-bond acceptors (Lipinski definition) is 4. The van der Waals surface area contributed by atoms with Crippen molar-refractivity contribution in [2.45, 2.75) is 19.0 Å². The second-order valence-electron chi connectivity index (χ2n) is 4.73. The van der Waals surface area contributed by atoms with Gasteiger partial charge in [-0.15, -0.1) is 0 Å². The minimum absolute atomic E-state index is 0.106. The minimum Gasteiger partial charge on any atom is -0.326 e. The van der Waals surface area contributed by atoms with Crippen molar-refractivity contribution >= 4 is 11.8 Å². The second kappa shape index (κ2) is 5.46. The highest BCUT2D eigenvalue weighted by atomic mass is 19.1. The molecule has 0 aromatic heterocycles. The number of hydrogen-bond donors (Lipinski definition) is 2. The van der Waals surface area contributed by atoms with E-state index in [-0.39, 0.29) is 42.8 Å². The van der Waals surface area contributed by atoms with Crippen molar-refractivity contribution in [3.63, 3.8) is 0 Å². The third-order valence-corrected chi connectivity index (χ3v) is 3.08. The van der Waals surface area contributed by atoms with Gasteiger partial charge in [0.05, 0.1) is 19.1 Å². The number of nitrogens with two attached hydrogens (primary N) is 1. The molecule has 6 heteroatoms. The summed E-state index contributed by atoms with van der Waals surface area (Å²) in [4.78, 5) is 24.6. The number of benzene rings is 1. The summed E-state index contributed by atoms with van der Waals surface area (Å²) < 4.78 is 13.0. The lowest BCUT2D eigenvalue weighted by Crippen LogP contribution is -2.54. The van der Waals surface area contributed by atoms with Crippen molar-refractivity contribution < 1.29 is 14.0 Å². The zero-order chi connectivity index (χ0) is 14.0. The fourth-order valence-corrected chi connectivity index (χ4v) is 2.36. The van der Waals surface area contributed by atoms with Gasteiger partial charge in [-0.05, 0) is 24.6 Å². The molecule has 2 unspecified atom stereocenters. The number of halogens is 1. The Morgan fingerprint density at radius 2 is 1.74 bits per heavy atom. The van der Waals surface area contributed by atoms with Crippen LogP contribution in [0.3, 0.4) is 0 Å². The van der Waals surface area contributed by atoms with Gasteiger partial charge in [0.25, 0.3) is 0 Å². The van der Waals surface area contributed by atoms with Gasteiger partial charge in [-0.2, -0.15) is 0 Å². The number of carbonyl (C=O) groups excluding carboxylic acids is 2. The molecule has 1 heterocycles. The van der Waals surface area contributed by atoms with Crippen LogP contribution in [0.4, 0.5) is 4.39 Å². The SMILES string of the molecule is CC(N)C(c1ccc(F)cc1)N1CC(=O)NC(=O)C1. The van der Waals surface area contributed by atoms with Gasteiger partial charge in [0.15, 0.2) is 0 Å². The van der Waals surface area contributed by atoms with E-state index in [9.17, 15) is 14.0 Å². The van der Waals surface area contributed by atoms with Crippen LogP contribution in [0.5, 0.6) is 0 Å². The van der Waals surface area contributed by atoms with Gasteiger partial charge >= 0.3 is 0 Å². The molecule has 1 fully saturated rings. The Kier molecular flexibility index (Phi) is 3.92. The van der Waals surface area contributed by atoms with Crippen molar-refractivity contribution in [1.82, 2.24) is 10.2 Å². The molecule has 2 amide bonds. The summed E-state index contributed by atoms with van der Waals surface area (Å²) in [6.07, 6.45) is 0. The summed E-state index contributed by atoms with van der Waals surface area (Å²) in [6.45, 7) is 2.01. The van der Waals surface area contributed by atoms with Gasteiger partial charge < -0.3 is 5.73 Å². The lowest BCUT2D eigenvalue weighted by molar-refractivity contribution is -0.137. The van der Waals surface area contributed by atoms with Crippen LogP contribution >= 0.6 is 0 Å².